The Kier molecular flexibility index (Phi) is 4.72. The van der Waals surface area contributed by atoms with Crippen molar-refractivity contribution in [3.8, 4) is 11.5 Å². The molecule has 2 aromatic rings. The molecule has 0 fully saturated rings. The summed E-state index contributed by atoms with van der Waals surface area (Å²) in [4.78, 5) is 10.3. The van der Waals surface area contributed by atoms with E-state index in [2.05, 4.69) is 5.32 Å². The van der Waals surface area contributed by atoms with E-state index in [1.165, 1.54) is 0 Å². The van der Waals surface area contributed by atoms with Gasteiger partial charge in [0.15, 0.2) is 0 Å². The van der Waals surface area contributed by atoms with Crippen molar-refractivity contribution in [3.05, 3.63) is 62.9 Å². The Bertz CT molecular complexity index is 679. The molecule has 2 aromatic carbocycles. The summed E-state index contributed by atoms with van der Waals surface area (Å²) >= 11 is 5.91. The first-order valence-corrected chi connectivity index (χ1v) is 6.44. The molecule has 0 unspecified atom stereocenters. The van der Waals surface area contributed by atoms with Crippen LogP contribution >= 0.6 is 11.6 Å². The Morgan fingerprint density at radius 2 is 2.05 bits per heavy atom. The van der Waals surface area contributed by atoms with Crippen molar-refractivity contribution < 1.29 is 14.1 Å². The molecule has 1 N–H and O–H groups in total. The zero-order valence-electron chi connectivity index (χ0n) is 11.1. The summed E-state index contributed by atoms with van der Waals surface area (Å²) in [6, 6.07) is 7.93. The third-order valence-electron chi connectivity index (χ3n) is 2.73. The van der Waals surface area contributed by atoms with Crippen molar-refractivity contribution in [1.82, 2.24) is 5.32 Å². The maximum Gasteiger partial charge on any atom is 0.311 e. The van der Waals surface area contributed by atoms with Crippen LogP contribution in [0, 0.1) is 15.9 Å². The average molecular weight is 311 g/mol. The predicted octanol–water partition coefficient (Wildman–Crippen LogP) is 3.90. The first-order chi connectivity index (χ1) is 10.0. The van der Waals surface area contributed by atoms with Gasteiger partial charge in [0, 0.05) is 29.3 Å². The monoisotopic (exact) mass is 310 g/mol. The molecule has 0 spiro atoms. The number of benzene rings is 2. The van der Waals surface area contributed by atoms with Gasteiger partial charge < -0.3 is 10.1 Å². The number of nitrogens with one attached hydrogen (secondary N) is 1. The van der Waals surface area contributed by atoms with E-state index in [0.717, 1.165) is 18.2 Å². The molecule has 0 atom stereocenters. The van der Waals surface area contributed by atoms with Gasteiger partial charge in [-0.05, 0) is 31.3 Å². The molecular weight excluding hydrogens is 299 g/mol. The van der Waals surface area contributed by atoms with Crippen molar-refractivity contribution in [3.63, 3.8) is 0 Å². The second-order valence-electron chi connectivity index (χ2n) is 4.25. The fraction of sp³-hybridized carbons (Fsp3) is 0.143. The quantitative estimate of drug-likeness (QED) is 0.672. The normalized spacial score (nSPS) is 10.4. The van der Waals surface area contributed by atoms with E-state index in [-0.39, 0.29) is 11.4 Å². The van der Waals surface area contributed by atoms with E-state index in [1.54, 1.807) is 25.2 Å². The van der Waals surface area contributed by atoms with Gasteiger partial charge in [-0.15, -0.1) is 0 Å². The van der Waals surface area contributed by atoms with Crippen LogP contribution in [0.25, 0.3) is 0 Å². The minimum absolute atomic E-state index is 0.153. The largest absolute Gasteiger partial charge is 0.450 e. The first kappa shape index (κ1) is 15.2. The summed E-state index contributed by atoms with van der Waals surface area (Å²) in [5.74, 6) is -0.387. The predicted molar refractivity (Wildman–Crippen MR) is 77.3 cm³/mol. The number of hydrogen-bond donors (Lipinski definition) is 1. The Morgan fingerprint density at radius 3 is 2.71 bits per heavy atom. The Balaban J connectivity index is 2.42. The smallest absolute Gasteiger partial charge is 0.311 e. The fourth-order valence-corrected chi connectivity index (χ4v) is 2.01. The Labute approximate surface area is 125 Å². The number of nitrogens with zero attached hydrogens (tertiary/aromatic N) is 1. The molecule has 0 heterocycles. The Morgan fingerprint density at radius 1 is 1.29 bits per heavy atom. The SMILES string of the molecule is CNCc1cc(Cl)ccc1Oc1cc(F)ccc1[N+](=O)[O-]. The number of hydrogen-bond acceptors (Lipinski definition) is 4. The van der Waals surface area contributed by atoms with Gasteiger partial charge in [-0.3, -0.25) is 10.1 Å². The molecule has 7 heteroatoms. The van der Waals surface area contributed by atoms with Crippen LogP contribution in [0.15, 0.2) is 36.4 Å². The summed E-state index contributed by atoms with van der Waals surface area (Å²) in [6.07, 6.45) is 0. The zero-order chi connectivity index (χ0) is 15.4. The molecule has 0 aliphatic carbocycles. The number of halogens is 2. The molecule has 0 aliphatic heterocycles. The molecule has 5 nitrogen and oxygen atoms in total. The van der Waals surface area contributed by atoms with Gasteiger partial charge in [0.1, 0.15) is 11.6 Å². The van der Waals surface area contributed by atoms with Gasteiger partial charge in [-0.25, -0.2) is 4.39 Å². The van der Waals surface area contributed by atoms with Gasteiger partial charge in [0.2, 0.25) is 5.75 Å². The van der Waals surface area contributed by atoms with E-state index in [1.807, 2.05) is 0 Å². The number of ether oxygens (including phenoxy) is 1. The van der Waals surface area contributed by atoms with Crippen molar-refractivity contribution in [2.45, 2.75) is 6.54 Å². The van der Waals surface area contributed by atoms with Crippen LogP contribution in [0.4, 0.5) is 10.1 Å². The fourth-order valence-electron chi connectivity index (χ4n) is 1.82. The third kappa shape index (κ3) is 3.68. The molecule has 0 amide bonds. The number of nitro benzene ring substituents is 1. The number of rotatable bonds is 5. The number of nitro groups is 1. The highest BCUT2D eigenvalue weighted by Crippen LogP contribution is 2.34. The molecule has 0 saturated carbocycles. The molecule has 0 radical (unpaired) electrons. The van der Waals surface area contributed by atoms with Crippen LogP contribution in [0.2, 0.25) is 5.02 Å². The van der Waals surface area contributed by atoms with E-state index in [4.69, 9.17) is 16.3 Å². The highest BCUT2D eigenvalue weighted by atomic mass is 35.5. The highest BCUT2D eigenvalue weighted by molar-refractivity contribution is 6.30. The van der Waals surface area contributed by atoms with E-state index in [9.17, 15) is 14.5 Å². The summed E-state index contributed by atoms with van der Waals surface area (Å²) in [5, 5.41) is 14.4. The molecule has 0 bridgehead atoms. The van der Waals surface area contributed by atoms with Crippen molar-refractivity contribution in [2.75, 3.05) is 7.05 Å². The standard InChI is InChI=1S/C14H12ClFN2O3/c1-17-8-9-6-10(15)2-5-13(9)21-14-7-11(16)3-4-12(14)18(19)20/h2-7,17H,8H2,1H3. The summed E-state index contributed by atoms with van der Waals surface area (Å²) in [5.41, 5.74) is 0.408. The average Bonchev–Trinajstić information content (AvgIpc) is 2.42. The van der Waals surface area contributed by atoms with Crippen LogP contribution in [0.5, 0.6) is 11.5 Å². The molecule has 0 aromatic heterocycles. The second-order valence-corrected chi connectivity index (χ2v) is 4.69. The molecule has 21 heavy (non-hydrogen) atoms. The maximum absolute atomic E-state index is 13.3. The summed E-state index contributed by atoms with van der Waals surface area (Å²) in [7, 11) is 1.75. The van der Waals surface area contributed by atoms with Crippen LogP contribution in [0.1, 0.15) is 5.56 Å². The highest BCUT2D eigenvalue weighted by Gasteiger charge is 2.18. The summed E-state index contributed by atoms with van der Waals surface area (Å²) < 4.78 is 18.8. The third-order valence-corrected chi connectivity index (χ3v) is 2.96. The molecule has 0 aliphatic rings. The zero-order valence-corrected chi connectivity index (χ0v) is 11.9. The van der Waals surface area contributed by atoms with Crippen LogP contribution in [0.3, 0.4) is 0 Å². The van der Waals surface area contributed by atoms with Crippen molar-refractivity contribution >= 4 is 17.3 Å². The molecule has 110 valence electrons. The van der Waals surface area contributed by atoms with Crippen LogP contribution in [-0.4, -0.2) is 12.0 Å². The second kappa shape index (κ2) is 6.51. The molecule has 0 saturated heterocycles. The van der Waals surface area contributed by atoms with Gasteiger partial charge in [0.25, 0.3) is 0 Å². The minimum Gasteiger partial charge on any atom is -0.450 e. The summed E-state index contributed by atoms with van der Waals surface area (Å²) in [6.45, 7) is 0.457. The van der Waals surface area contributed by atoms with Gasteiger partial charge in [-0.2, -0.15) is 0 Å². The van der Waals surface area contributed by atoms with Gasteiger partial charge >= 0.3 is 5.69 Å². The first-order valence-electron chi connectivity index (χ1n) is 6.06. The van der Waals surface area contributed by atoms with Gasteiger partial charge in [-0.1, -0.05) is 11.6 Å². The lowest BCUT2D eigenvalue weighted by Gasteiger charge is -2.11. The lowest BCUT2D eigenvalue weighted by Crippen LogP contribution is -2.06. The van der Waals surface area contributed by atoms with E-state index >= 15 is 0 Å². The Hall–Kier alpha value is -2.18. The van der Waals surface area contributed by atoms with Gasteiger partial charge in [0.05, 0.1) is 4.92 Å². The lowest BCUT2D eigenvalue weighted by atomic mass is 10.2. The van der Waals surface area contributed by atoms with E-state index < -0.39 is 10.7 Å². The topological polar surface area (TPSA) is 64.4 Å². The minimum atomic E-state index is -0.623. The van der Waals surface area contributed by atoms with Crippen molar-refractivity contribution in [2.24, 2.45) is 0 Å². The molecule has 2 rings (SSSR count). The van der Waals surface area contributed by atoms with E-state index in [0.29, 0.717) is 22.9 Å². The molecular formula is C14H12ClFN2O3. The van der Waals surface area contributed by atoms with Crippen LogP contribution < -0.4 is 10.1 Å². The van der Waals surface area contributed by atoms with Crippen molar-refractivity contribution in [1.29, 1.82) is 0 Å². The lowest BCUT2D eigenvalue weighted by molar-refractivity contribution is -0.385. The maximum atomic E-state index is 13.3. The van der Waals surface area contributed by atoms with Crippen LogP contribution in [-0.2, 0) is 6.54 Å².